The molecule has 1 unspecified atom stereocenters. The summed E-state index contributed by atoms with van der Waals surface area (Å²) < 4.78 is 5.32. The van der Waals surface area contributed by atoms with Crippen molar-refractivity contribution >= 4 is 12.1 Å². The number of hydrogen-bond donors (Lipinski definition) is 1. The van der Waals surface area contributed by atoms with Gasteiger partial charge in [0.25, 0.3) is 0 Å². The summed E-state index contributed by atoms with van der Waals surface area (Å²) in [7, 11) is 1.64. The van der Waals surface area contributed by atoms with Crippen molar-refractivity contribution in [1.82, 2.24) is 4.90 Å². The molecule has 0 saturated carbocycles. The Morgan fingerprint density at radius 3 is 2.21 bits per heavy atom. The normalized spacial score (nSPS) is 13.9. The average molecular weight is 335 g/mol. The van der Waals surface area contributed by atoms with Crippen LogP contribution in [0.3, 0.4) is 0 Å². The van der Waals surface area contributed by atoms with Crippen molar-refractivity contribution in [2.24, 2.45) is 5.41 Å². The third kappa shape index (κ3) is 5.87. The third-order valence-corrected chi connectivity index (χ3v) is 4.15. The van der Waals surface area contributed by atoms with Crippen LogP contribution in [0.5, 0.6) is 0 Å². The molecule has 0 saturated heterocycles. The van der Waals surface area contributed by atoms with Crippen LogP contribution in [0.25, 0.3) is 0 Å². The summed E-state index contributed by atoms with van der Waals surface area (Å²) in [5.74, 6) is -0.827. The zero-order valence-corrected chi connectivity index (χ0v) is 15.3. The van der Waals surface area contributed by atoms with Gasteiger partial charge in [-0.3, -0.25) is 4.79 Å². The number of carboxylic acids is 1. The summed E-state index contributed by atoms with van der Waals surface area (Å²) in [5.41, 5.74) is -0.469. The van der Waals surface area contributed by atoms with Gasteiger partial charge in [0.15, 0.2) is 0 Å². The number of benzene rings is 1. The van der Waals surface area contributed by atoms with E-state index in [2.05, 4.69) is 0 Å². The number of ether oxygens (including phenoxy) is 1. The average Bonchev–Trinajstić information content (AvgIpc) is 2.50. The SMILES string of the molecule is CCC(CCN(C)C(=O)OC(C)(C)C)(Cc1ccccc1)C(=O)O. The monoisotopic (exact) mass is 335 g/mol. The van der Waals surface area contributed by atoms with Gasteiger partial charge in [0.05, 0.1) is 5.41 Å². The standard InChI is InChI=1S/C19H29NO4/c1-6-19(16(21)22,14-15-10-8-7-9-11-15)12-13-20(5)17(23)24-18(2,3)4/h7-11H,6,12-14H2,1-5H3,(H,21,22). The van der Waals surface area contributed by atoms with Crippen LogP contribution in [0.2, 0.25) is 0 Å². The van der Waals surface area contributed by atoms with E-state index in [0.717, 1.165) is 5.56 Å². The number of carbonyl (C=O) groups is 2. The summed E-state index contributed by atoms with van der Waals surface area (Å²) in [5, 5.41) is 9.79. The lowest BCUT2D eigenvalue weighted by Crippen LogP contribution is -2.40. The van der Waals surface area contributed by atoms with Crippen LogP contribution in [-0.2, 0) is 16.0 Å². The van der Waals surface area contributed by atoms with Crippen molar-refractivity contribution in [2.75, 3.05) is 13.6 Å². The molecule has 1 N–H and O–H groups in total. The van der Waals surface area contributed by atoms with Crippen molar-refractivity contribution in [3.8, 4) is 0 Å². The smallest absolute Gasteiger partial charge is 0.410 e. The van der Waals surface area contributed by atoms with Crippen LogP contribution in [0.1, 0.15) is 46.1 Å². The van der Waals surface area contributed by atoms with E-state index in [1.807, 2.05) is 58.0 Å². The summed E-state index contributed by atoms with van der Waals surface area (Å²) in [6.07, 6.45) is 0.891. The van der Waals surface area contributed by atoms with E-state index in [4.69, 9.17) is 4.74 Å². The predicted octanol–water partition coefficient (Wildman–Crippen LogP) is 3.97. The molecule has 24 heavy (non-hydrogen) atoms. The Hall–Kier alpha value is -2.04. The van der Waals surface area contributed by atoms with Crippen LogP contribution >= 0.6 is 0 Å². The Morgan fingerprint density at radius 2 is 1.75 bits per heavy atom. The zero-order valence-electron chi connectivity index (χ0n) is 15.3. The lowest BCUT2D eigenvalue weighted by molar-refractivity contribution is -0.150. The highest BCUT2D eigenvalue weighted by Crippen LogP contribution is 2.32. The molecule has 5 heteroatoms. The van der Waals surface area contributed by atoms with Crippen LogP contribution in [0, 0.1) is 5.41 Å². The molecule has 5 nitrogen and oxygen atoms in total. The van der Waals surface area contributed by atoms with E-state index in [0.29, 0.717) is 25.8 Å². The fraction of sp³-hybridized carbons (Fsp3) is 0.579. The number of nitrogens with zero attached hydrogens (tertiary/aromatic N) is 1. The Balaban J connectivity index is 2.80. The molecule has 1 atom stereocenters. The molecule has 1 aromatic rings. The molecule has 1 rings (SSSR count). The molecule has 0 spiro atoms. The first-order chi connectivity index (χ1) is 11.1. The van der Waals surface area contributed by atoms with Gasteiger partial charge in [-0.1, -0.05) is 37.3 Å². The van der Waals surface area contributed by atoms with E-state index < -0.39 is 23.1 Å². The van der Waals surface area contributed by atoms with Crippen LogP contribution in [-0.4, -0.2) is 41.3 Å². The number of amides is 1. The van der Waals surface area contributed by atoms with Crippen molar-refractivity contribution in [3.05, 3.63) is 35.9 Å². The Bertz CT molecular complexity index is 550. The molecule has 0 aliphatic carbocycles. The Labute approximate surface area is 144 Å². The number of hydrogen-bond acceptors (Lipinski definition) is 3. The number of carboxylic acid groups (broad SMARTS) is 1. The molecule has 134 valence electrons. The maximum Gasteiger partial charge on any atom is 0.410 e. The quantitative estimate of drug-likeness (QED) is 0.819. The van der Waals surface area contributed by atoms with Crippen molar-refractivity contribution in [3.63, 3.8) is 0 Å². The van der Waals surface area contributed by atoms with Gasteiger partial charge in [0.2, 0.25) is 0 Å². The van der Waals surface area contributed by atoms with Crippen LogP contribution in [0.4, 0.5) is 4.79 Å². The van der Waals surface area contributed by atoms with Gasteiger partial charge in [0, 0.05) is 13.6 Å². The number of aliphatic carboxylic acids is 1. The van der Waals surface area contributed by atoms with E-state index >= 15 is 0 Å². The van der Waals surface area contributed by atoms with Gasteiger partial charge < -0.3 is 14.7 Å². The van der Waals surface area contributed by atoms with Crippen molar-refractivity contribution in [1.29, 1.82) is 0 Å². The molecule has 0 aliphatic rings. The molecule has 1 aromatic carbocycles. The first-order valence-corrected chi connectivity index (χ1v) is 8.31. The van der Waals surface area contributed by atoms with Crippen molar-refractivity contribution < 1.29 is 19.4 Å². The molecule has 1 amide bonds. The van der Waals surface area contributed by atoms with Crippen LogP contribution in [0.15, 0.2) is 30.3 Å². The Morgan fingerprint density at radius 1 is 1.17 bits per heavy atom. The molecule has 0 bridgehead atoms. The molecule has 0 fully saturated rings. The first-order valence-electron chi connectivity index (χ1n) is 8.31. The van der Waals surface area contributed by atoms with Gasteiger partial charge in [-0.15, -0.1) is 0 Å². The predicted molar refractivity (Wildman–Crippen MR) is 94.0 cm³/mol. The van der Waals surface area contributed by atoms with Gasteiger partial charge in [0.1, 0.15) is 5.60 Å². The molecule has 0 aromatic heterocycles. The third-order valence-electron chi connectivity index (χ3n) is 4.15. The summed E-state index contributed by atoms with van der Waals surface area (Å²) in [6.45, 7) is 7.64. The fourth-order valence-electron chi connectivity index (χ4n) is 2.52. The van der Waals surface area contributed by atoms with Crippen LogP contribution < -0.4 is 0 Å². The molecular weight excluding hydrogens is 306 g/mol. The lowest BCUT2D eigenvalue weighted by atomic mass is 9.76. The van der Waals surface area contributed by atoms with Gasteiger partial charge in [-0.25, -0.2) is 4.79 Å². The highest BCUT2D eigenvalue weighted by molar-refractivity contribution is 5.75. The van der Waals surface area contributed by atoms with E-state index in [1.165, 1.54) is 4.90 Å². The molecule has 0 heterocycles. The minimum Gasteiger partial charge on any atom is -0.481 e. The zero-order chi connectivity index (χ0) is 18.4. The maximum absolute atomic E-state index is 12.0. The molecular formula is C19H29NO4. The second-order valence-electron chi connectivity index (χ2n) is 7.25. The van der Waals surface area contributed by atoms with Gasteiger partial charge >= 0.3 is 12.1 Å². The van der Waals surface area contributed by atoms with E-state index in [9.17, 15) is 14.7 Å². The molecule has 0 aliphatic heterocycles. The maximum atomic E-state index is 12.0. The summed E-state index contributed by atoms with van der Waals surface area (Å²) >= 11 is 0. The minimum absolute atomic E-state index is 0.335. The fourth-order valence-corrected chi connectivity index (χ4v) is 2.52. The minimum atomic E-state index is -0.891. The topological polar surface area (TPSA) is 66.8 Å². The Kier molecular flexibility index (Phi) is 6.81. The van der Waals surface area contributed by atoms with E-state index in [1.54, 1.807) is 7.05 Å². The summed E-state index contributed by atoms with van der Waals surface area (Å²) in [6, 6.07) is 9.60. The van der Waals surface area contributed by atoms with Gasteiger partial charge in [-0.2, -0.15) is 0 Å². The van der Waals surface area contributed by atoms with Gasteiger partial charge in [-0.05, 0) is 45.6 Å². The highest BCUT2D eigenvalue weighted by Gasteiger charge is 2.37. The second-order valence-corrected chi connectivity index (χ2v) is 7.25. The second kappa shape index (κ2) is 8.18. The summed E-state index contributed by atoms with van der Waals surface area (Å²) in [4.78, 5) is 25.4. The van der Waals surface area contributed by atoms with E-state index in [-0.39, 0.29) is 0 Å². The first kappa shape index (κ1) is 20.0. The number of rotatable bonds is 7. The van der Waals surface area contributed by atoms with Crippen molar-refractivity contribution in [2.45, 2.75) is 52.6 Å². The lowest BCUT2D eigenvalue weighted by Gasteiger charge is -2.31. The highest BCUT2D eigenvalue weighted by atomic mass is 16.6. The molecule has 0 radical (unpaired) electrons. The number of carbonyl (C=O) groups excluding carboxylic acids is 1. The largest absolute Gasteiger partial charge is 0.481 e.